The number of carbonyl (C=O) groups excluding carboxylic acids is 3. The van der Waals surface area contributed by atoms with Gasteiger partial charge in [0.2, 0.25) is 5.91 Å². The average molecular weight is 391 g/mol. The fourth-order valence-corrected chi connectivity index (χ4v) is 1.96. The first-order valence-electron chi connectivity index (χ1n) is 8.19. The van der Waals surface area contributed by atoms with Gasteiger partial charge in [0.1, 0.15) is 12.4 Å². The number of nitrogens with two attached hydrogens (primary N) is 1. The van der Waals surface area contributed by atoms with Crippen molar-refractivity contribution in [2.75, 3.05) is 13.2 Å². The van der Waals surface area contributed by atoms with E-state index in [9.17, 15) is 18.8 Å². The number of nitrogens with zero attached hydrogens (tertiary/aromatic N) is 1. The third kappa shape index (κ3) is 6.02. The summed E-state index contributed by atoms with van der Waals surface area (Å²) in [4.78, 5) is 38.7. The van der Waals surface area contributed by atoms with E-state index in [1.807, 2.05) is 5.32 Å². The lowest BCUT2D eigenvalue weighted by molar-refractivity contribution is -0.118. The summed E-state index contributed by atoms with van der Waals surface area (Å²) in [6, 6.07) is 6.81. The Balaban J connectivity index is 2.21. The third-order valence-corrected chi connectivity index (χ3v) is 3.25. The number of nitrogens with one attached hydrogen (secondary N) is 1. The van der Waals surface area contributed by atoms with Crippen LogP contribution >= 0.6 is 0 Å². The minimum Gasteiger partial charge on any atom is -0.483 e. The number of amides is 2. The predicted octanol–water partition coefficient (Wildman–Crippen LogP) is 1.55. The Kier molecular flexibility index (Phi) is 7.40. The van der Waals surface area contributed by atoms with E-state index in [-0.39, 0.29) is 30.4 Å². The molecule has 9 nitrogen and oxygen atoms in total. The maximum atomic E-state index is 13.0. The molecule has 0 spiro atoms. The second-order valence-corrected chi connectivity index (χ2v) is 5.30. The van der Waals surface area contributed by atoms with Crippen molar-refractivity contribution in [1.29, 1.82) is 0 Å². The third-order valence-electron chi connectivity index (χ3n) is 3.25. The molecular weight excluding hydrogens is 373 g/mol. The smallest absolute Gasteiger partial charge is 0.420 e. The van der Waals surface area contributed by atoms with Gasteiger partial charge >= 0.3 is 12.1 Å². The van der Waals surface area contributed by atoms with Crippen LogP contribution in [0.15, 0.2) is 36.5 Å². The molecule has 10 heteroatoms. The summed E-state index contributed by atoms with van der Waals surface area (Å²) in [5.74, 6) is -2.12. The molecule has 0 aliphatic rings. The highest BCUT2D eigenvalue weighted by Gasteiger charge is 2.18. The maximum absolute atomic E-state index is 13.0. The van der Waals surface area contributed by atoms with E-state index in [0.717, 1.165) is 6.20 Å². The van der Waals surface area contributed by atoms with Gasteiger partial charge in [-0.25, -0.2) is 19.0 Å². The van der Waals surface area contributed by atoms with Gasteiger partial charge in [-0.2, -0.15) is 0 Å². The highest BCUT2D eigenvalue weighted by Crippen LogP contribution is 2.27. The minimum atomic E-state index is -1.11. The first kappa shape index (κ1) is 20.8. The minimum absolute atomic E-state index is 0.0199. The Labute approximate surface area is 159 Å². The molecular formula is C18H18FN3O6. The quantitative estimate of drug-likeness (QED) is 0.680. The molecule has 0 unspecified atom stereocenters. The van der Waals surface area contributed by atoms with Gasteiger partial charge in [0.05, 0.1) is 18.7 Å². The van der Waals surface area contributed by atoms with Gasteiger partial charge in [-0.15, -0.1) is 0 Å². The first-order chi connectivity index (χ1) is 13.4. The lowest BCUT2D eigenvalue weighted by Crippen LogP contribution is -2.37. The van der Waals surface area contributed by atoms with Crippen molar-refractivity contribution >= 4 is 18.0 Å². The second kappa shape index (κ2) is 9.97. The number of halogens is 1. The Morgan fingerprint density at radius 1 is 1.21 bits per heavy atom. The number of esters is 1. The maximum Gasteiger partial charge on any atom is 0.420 e. The van der Waals surface area contributed by atoms with Crippen LogP contribution < -0.4 is 20.5 Å². The van der Waals surface area contributed by atoms with Crippen LogP contribution in [-0.2, 0) is 16.1 Å². The highest BCUT2D eigenvalue weighted by molar-refractivity contribution is 5.93. The van der Waals surface area contributed by atoms with Gasteiger partial charge in [-0.05, 0) is 24.6 Å². The van der Waals surface area contributed by atoms with Crippen LogP contribution in [0.25, 0.3) is 0 Å². The number of carbonyl (C=O) groups is 3. The lowest BCUT2D eigenvalue weighted by Gasteiger charge is -2.12. The second-order valence-electron chi connectivity index (χ2n) is 5.30. The molecule has 0 aliphatic heterocycles. The topological polar surface area (TPSA) is 130 Å². The highest BCUT2D eigenvalue weighted by atomic mass is 19.1. The Morgan fingerprint density at radius 3 is 2.57 bits per heavy atom. The molecule has 3 N–H and O–H groups in total. The summed E-state index contributed by atoms with van der Waals surface area (Å²) in [6.45, 7) is 1.38. The number of rotatable bonds is 7. The zero-order chi connectivity index (χ0) is 20.5. The van der Waals surface area contributed by atoms with Crippen molar-refractivity contribution in [3.8, 4) is 11.6 Å². The number of hydrogen-bond acceptors (Lipinski definition) is 8. The van der Waals surface area contributed by atoms with Crippen LogP contribution in [0.5, 0.6) is 11.6 Å². The Morgan fingerprint density at radius 2 is 1.93 bits per heavy atom. The van der Waals surface area contributed by atoms with Crippen LogP contribution in [0.4, 0.5) is 9.18 Å². The number of pyridine rings is 1. The molecule has 2 aromatic rings. The standard InChI is InChI=1S/C18H18FN3O6/c1-2-26-17(24)12-7-14(27-10-11-3-5-13(19)6-4-11)16(21-9-12)28-18(25)22-15(23)8-20/h3-7,9H,2,8,10,20H2,1H3,(H,22,23,25). The molecule has 1 aromatic carbocycles. The van der Waals surface area contributed by atoms with Crippen molar-refractivity contribution in [3.05, 3.63) is 53.5 Å². The van der Waals surface area contributed by atoms with Crippen molar-refractivity contribution in [1.82, 2.24) is 10.3 Å². The van der Waals surface area contributed by atoms with Crippen LogP contribution in [0.2, 0.25) is 0 Å². The molecule has 2 rings (SSSR count). The van der Waals surface area contributed by atoms with Gasteiger partial charge < -0.3 is 19.9 Å². The van der Waals surface area contributed by atoms with Crippen LogP contribution in [0, 0.1) is 5.82 Å². The fraction of sp³-hybridized carbons (Fsp3) is 0.222. The van der Waals surface area contributed by atoms with E-state index in [2.05, 4.69) is 4.98 Å². The van der Waals surface area contributed by atoms with Crippen molar-refractivity contribution in [3.63, 3.8) is 0 Å². The van der Waals surface area contributed by atoms with E-state index in [4.69, 9.17) is 19.9 Å². The SMILES string of the molecule is CCOC(=O)c1cnc(OC(=O)NC(=O)CN)c(OCc2ccc(F)cc2)c1. The first-order valence-corrected chi connectivity index (χ1v) is 8.19. The van der Waals surface area contributed by atoms with Gasteiger partial charge in [0, 0.05) is 12.3 Å². The van der Waals surface area contributed by atoms with Crippen molar-refractivity contribution in [2.24, 2.45) is 5.73 Å². The van der Waals surface area contributed by atoms with Crippen LogP contribution in [-0.4, -0.2) is 36.1 Å². The molecule has 0 saturated heterocycles. The summed E-state index contributed by atoms with van der Waals surface area (Å²) in [6.07, 6.45) is 0.0225. The number of ether oxygens (including phenoxy) is 3. The Bertz CT molecular complexity index is 857. The largest absolute Gasteiger partial charge is 0.483 e. The van der Waals surface area contributed by atoms with E-state index in [1.54, 1.807) is 6.92 Å². The summed E-state index contributed by atoms with van der Waals surface area (Å²) in [7, 11) is 0. The predicted molar refractivity (Wildman–Crippen MR) is 94.1 cm³/mol. The normalized spacial score (nSPS) is 10.1. The number of benzene rings is 1. The average Bonchev–Trinajstić information content (AvgIpc) is 2.68. The van der Waals surface area contributed by atoms with E-state index >= 15 is 0 Å². The van der Waals surface area contributed by atoms with Crippen molar-refractivity contribution in [2.45, 2.75) is 13.5 Å². The molecule has 0 atom stereocenters. The van der Waals surface area contributed by atoms with Gasteiger partial charge in [0.25, 0.3) is 5.88 Å². The lowest BCUT2D eigenvalue weighted by atomic mass is 10.2. The molecule has 0 saturated carbocycles. The van der Waals surface area contributed by atoms with E-state index in [0.29, 0.717) is 5.56 Å². The fourth-order valence-electron chi connectivity index (χ4n) is 1.96. The Hall–Kier alpha value is -3.53. The zero-order valence-electron chi connectivity index (χ0n) is 14.9. The molecule has 0 radical (unpaired) electrons. The van der Waals surface area contributed by atoms with Gasteiger partial charge in [-0.3, -0.25) is 10.1 Å². The molecule has 1 heterocycles. The molecule has 2 amide bonds. The van der Waals surface area contributed by atoms with Gasteiger partial charge in [-0.1, -0.05) is 12.1 Å². The van der Waals surface area contributed by atoms with Gasteiger partial charge in [0.15, 0.2) is 5.75 Å². The summed E-state index contributed by atoms with van der Waals surface area (Å²) in [5, 5.41) is 1.89. The van der Waals surface area contributed by atoms with Crippen LogP contribution in [0.3, 0.4) is 0 Å². The molecule has 0 aliphatic carbocycles. The zero-order valence-corrected chi connectivity index (χ0v) is 14.9. The number of aromatic nitrogens is 1. The van der Waals surface area contributed by atoms with E-state index in [1.165, 1.54) is 30.3 Å². The van der Waals surface area contributed by atoms with Crippen LogP contribution in [0.1, 0.15) is 22.8 Å². The number of imide groups is 1. The molecule has 0 fully saturated rings. The molecule has 1 aromatic heterocycles. The van der Waals surface area contributed by atoms with Crippen molar-refractivity contribution < 1.29 is 33.0 Å². The summed E-state index contributed by atoms with van der Waals surface area (Å²) in [5.41, 5.74) is 5.80. The molecule has 0 bridgehead atoms. The summed E-state index contributed by atoms with van der Waals surface area (Å²) >= 11 is 0. The number of hydrogen-bond donors (Lipinski definition) is 2. The monoisotopic (exact) mass is 391 g/mol. The molecule has 28 heavy (non-hydrogen) atoms. The van der Waals surface area contributed by atoms with E-state index < -0.39 is 30.3 Å². The summed E-state index contributed by atoms with van der Waals surface area (Å²) < 4.78 is 28.4. The molecule has 148 valence electrons.